The highest BCUT2D eigenvalue weighted by Gasteiger charge is 2.48. The molecule has 1 saturated carbocycles. The lowest BCUT2D eigenvalue weighted by Crippen LogP contribution is -2.31. The molecular weight excluding hydrogens is 244 g/mol. The van der Waals surface area contributed by atoms with Gasteiger partial charge in [-0.3, -0.25) is 4.79 Å². The van der Waals surface area contributed by atoms with Gasteiger partial charge in [0.1, 0.15) is 0 Å². The summed E-state index contributed by atoms with van der Waals surface area (Å²) in [4.78, 5) is 23.5. The highest BCUT2D eigenvalue weighted by atomic mass is 16.5. The van der Waals surface area contributed by atoms with Crippen LogP contribution < -0.4 is 11.1 Å². The minimum Gasteiger partial charge on any atom is -0.465 e. The van der Waals surface area contributed by atoms with Crippen LogP contribution in [0.1, 0.15) is 28.8 Å². The lowest BCUT2D eigenvalue weighted by atomic mass is 10.1. The molecule has 5 heteroatoms. The van der Waals surface area contributed by atoms with Crippen molar-refractivity contribution in [2.45, 2.75) is 19.8 Å². The Morgan fingerprint density at radius 3 is 2.58 bits per heavy atom. The molecule has 0 radical (unpaired) electrons. The molecule has 1 aromatic carbocycles. The van der Waals surface area contributed by atoms with Gasteiger partial charge in [-0.05, 0) is 43.5 Å². The van der Waals surface area contributed by atoms with Crippen LogP contribution in [0.25, 0.3) is 0 Å². The van der Waals surface area contributed by atoms with E-state index >= 15 is 0 Å². The molecule has 0 heterocycles. The zero-order chi connectivity index (χ0) is 14.0. The number of ether oxygens (including phenoxy) is 1. The fourth-order valence-corrected chi connectivity index (χ4v) is 1.98. The third-order valence-electron chi connectivity index (χ3n) is 3.62. The first-order chi connectivity index (χ1) is 9.02. The first kappa shape index (κ1) is 13.5. The number of benzene rings is 1. The van der Waals surface area contributed by atoms with Gasteiger partial charge in [0, 0.05) is 12.2 Å². The van der Waals surface area contributed by atoms with Gasteiger partial charge in [-0.25, -0.2) is 4.79 Å². The van der Waals surface area contributed by atoms with Crippen molar-refractivity contribution in [2.24, 2.45) is 11.1 Å². The summed E-state index contributed by atoms with van der Waals surface area (Å²) >= 11 is 0. The van der Waals surface area contributed by atoms with E-state index in [0.717, 1.165) is 18.4 Å². The third kappa shape index (κ3) is 2.61. The van der Waals surface area contributed by atoms with Gasteiger partial charge in [0.25, 0.3) is 0 Å². The lowest BCUT2D eigenvalue weighted by molar-refractivity contribution is -0.120. The number of hydrogen-bond acceptors (Lipinski definition) is 4. The van der Waals surface area contributed by atoms with Crippen molar-refractivity contribution in [3.05, 3.63) is 29.3 Å². The molecule has 0 bridgehead atoms. The number of amides is 1. The normalized spacial score (nSPS) is 15.7. The summed E-state index contributed by atoms with van der Waals surface area (Å²) in [5, 5.41) is 2.88. The number of aryl methyl sites for hydroxylation is 1. The Kier molecular flexibility index (Phi) is 3.57. The van der Waals surface area contributed by atoms with Gasteiger partial charge < -0.3 is 15.8 Å². The molecule has 1 aliphatic carbocycles. The van der Waals surface area contributed by atoms with E-state index in [2.05, 4.69) is 10.1 Å². The van der Waals surface area contributed by atoms with Crippen LogP contribution in [0.5, 0.6) is 0 Å². The van der Waals surface area contributed by atoms with E-state index in [1.807, 2.05) is 6.92 Å². The summed E-state index contributed by atoms with van der Waals surface area (Å²) in [5.41, 5.74) is 7.24. The maximum absolute atomic E-state index is 12.1. The van der Waals surface area contributed by atoms with E-state index in [1.54, 1.807) is 18.2 Å². The second-order valence-corrected chi connectivity index (χ2v) is 4.96. The highest BCUT2D eigenvalue weighted by molar-refractivity contribution is 5.98. The Balaban J connectivity index is 2.14. The zero-order valence-electron chi connectivity index (χ0n) is 11.2. The molecule has 0 spiro atoms. The van der Waals surface area contributed by atoms with Crippen LogP contribution in [0.15, 0.2) is 18.2 Å². The van der Waals surface area contributed by atoms with E-state index < -0.39 is 0 Å². The Morgan fingerprint density at radius 1 is 1.42 bits per heavy atom. The number of carbonyl (C=O) groups excluding carboxylic acids is 2. The summed E-state index contributed by atoms with van der Waals surface area (Å²) in [6.45, 7) is 2.21. The smallest absolute Gasteiger partial charge is 0.337 e. The van der Waals surface area contributed by atoms with Crippen molar-refractivity contribution in [2.75, 3.05) is 19.0 Å². The molecule has 1 aromatic rings. The second kappa shape index (κ2) is 5.01. The Hall–Kier alpha value is -1.88. The zero-order valence-corrected chi connectivity index (χ0v) is 11.2. The first-order valence-corrected chi connectivity index (χ1v) is 6.23. The van der Waals surface area contributed by atoms with Gasteiger partial charge in [-0.15, -0.1) is 0 Å². The SMILES string of the molecule is COC(=O)c1ccc(NC(=O)C2(CN)CC2)c(C)c1. The van der Waals surface area contributed by atoms with Crippen LogP contribution in [0.2, 0.25) is 0 Å². The predicted molar refractivity (Wildman–Crippen MR) is 71.9 cm³/mol. The average Bonchev–Trinajstić information content (AvgIpc) is 3.21. The summed E-state index contributed by atoms with van der Waals surface area (Å²) in [6.07, 6.45) is 1.68. The van der Waals surface area contributed by atoms with Gasteiger partial charge >= 0.3 is 5.97 Å². The molecule has 0 saturated heterocycles. The summed E-state index contributed by atoms with van der Waals surface area (Å²) in [6, 6.07) is 5.05. The quantitative estimate of drug-likeness (QED) is 0.805. The number of hydrogen-bond donors (Lipinski definition) is 2. The lowest BCUT2D eigenvalue weighted by Gasteiger charge is -2.14. The molecule has 102 valence electrons. The van der Waals surface area contributed by atoms with Crippen molar-refractivity contribution >= 4 is 17.6 Å². The summed E-state index contributed by atoms with van der Waals surface area (Å²) in [7, 11) is 1.34. The molecule has 1 aliphatic rings. The largest absolute Gasteiger partial charge is 0.465 e. The molecule has 0 aromatic heterocycles. The van der Waals surface area contributed by atoms with Crippen molar-refractivity contribution in [1.82, 2.24) is 0 Å². The Labute approximate surface area is 112 Å². The van der Waals surface area contributed by atoms with Crippen LogP contribution >= 0.6 is 0 Å². The molecule has 0 atom stereocenters. The minimum absolute atomic E-state index is 0.0380. The monoisotopic (exact) mass is 262 g/mol. The Bertz CT molecular complexity index is 521. The van der Waals surface area contributed by atoms with E-state index in [0.29, 0.717) is 17.8 Å². The maximum Gasteiger partial charge on any atom is 0.337 e. The van der Waals surface area contributed by atoms with Gasteiger partial charge in [-0.1, -0.05) is 0 Å². The number of carbonyl (C=O) groups is 2. The summed E-state index contributed by atoms with van der Waals surface area (Å²) in [5.74, 6) is -0.425. The number of nitrogens with one attached hydrogen (secondary N) is 1. The first-order valence-electron chi connectivity index (χ1n) is 6.23. The van der Waals surface area contributed by atoms with Crippen molar-refractivity contribution in [3.63, 3.8) is 0 Å². The Morgan fingerprint density at radius 2 is 2.11 bits per heavy atom. The molecule has 1 amide bonds. The van der Waals surface area contributed by atoms with E-state index in [1.165, 1.54) is 7.11 Å². The second-order valence-electron chi connectivity index (χ2n) is 4.96. The number of methoxy groups -OCH3 is 1. The van der Waals surface area contributed by atoms with Crippen molar-refractivity contribution in [1.29, 1.82) is 0 Å². The van der Waals surface area contributed by atoms with Gasteiger partial charge in [-0.2, -0.15) is 0 Å². The summed E-state index contributed by atoms with van der Waals surface area (Å²) < 4.78 is 4.65. The molecule has 0 unspecified atom stereocenters. The predicted octanol–water partition coefficient (Wildman–Crippen LogP) is 1.46. The topological polar surface area (TPSA) is 81.4 Å². The standard InChI is InChI=1S/C14H18N2O3/c1-9-7-10(12(17)19-2)3-4-11(9)16-13(18)14(8-15)5-6-14/h3-4,7H,5-6,8,15H2,1-2H3,(H,16,18). The van der Waals surface area contributed by atoms with E-state index in [4.69, 9.17) is 5.73 Å². The van der Waals surface area contributed by atoms with Crippen molar-refractivity contribution < 1.29 is 14.3 Å². The van der Waals surface area contributed by atoms with Crippen LogP contribution in [0, 0.1) is 12.3 Å². The van der Waals surface area contributed by atoms with Crippen molar-refractivity contribution in [3.8, 4) is 0 Å². The number of rotatable bonds is 4. The van der Waals surface area contributed by atoms with Gasteiger partial charge in [0.15, 0.2) is 0 Å². The number of anilines is 1. The molecule has 1 fully saturated rings. The molecule has 3 N–H and O–H groups in total. The average molecular weight is 262 g/mol. The molecular formula is C14H18N2O3. The highest BCUT2D eigenvalue weighted by Crippen LogP contribution is 2.45. The van der Waals surface area contributed by atoms with E-state index in [-0.39, 0.29) is 17.3 Å². The maximum atomic E-state index is 12.1. The molecule has 2 rings (SSSR count). The fraction of sp³-hybridized carbons (Fsp3) is 0.429. The van der Waals surface area contributed by atoms with Crippen LogP contribution in [0.3, 0.4) is 0 Å². The number of nitrogens with two attached hydrogens (primary N) is 1. The molecule has 5 nitrogen and oxygen atoms in total. The minimum atomic E-state index is -0.387. The van der Waals surface area contributed by atoms with Gasteiger partial charge in [0.2, 0.25) is 5.91 Å². The van der Waals surface area contributed by atoms with Gasteiger partial charge in [0.05, 0.1) is 18.1 Å². The van der Waals surface area contributed by atoms with E-state index in [9.17, 15) is 9.59 Å². The van der Waals surface area contributed by atoms with Crippen LogP contribution in [-0.4, -0.2) is 25.5 Å². The molecule has 19 heavy (non-hydrogen) atoms. The third-order valence-corrected chi connectivity index (χ3v) is 3.62. The fourth-order valence-electron chi connectivity index (χ4n) is 1.98. The molecule has 0 aliphatic heterocycles. The van der Waals surface area contributed by atoms with Crippen LogP contribution in [-0.2, 0) is 9.53 Å². The van der Waals surface area contributed by atoms with Crippen LogP contribution in [0.4, 0.5) is 5.69 Å². The number of esters is 1.